The van der Waals surface area contributed by atoms with Crippen LogP contribution in [0.3, 0.4) is 0 Å². The van der Waals surface area contributed by atoms with Crippen molar-refractivity contribution in [2.45, 2.75) is 6.92 Å². The zero-order valence-electron chi connectivity index (χ0n) is 10.0. The molecule has 0 N–H and O–H groups in total. The van der Waals surface area contributed by atoms with Crippen molar-refractivity contribution in [3.63, 3.8) is 0 Å². The molecule has 0 unspecified atom stereocenters. The Morgan fingerprint density at radius 2 is 2.17 bits per heavy atom. The van der Waals surface area contributed by atoms with E-state index in [-0.39, 0.29) is 0 Å². The van der Waals surface area contributed by atoms with E-state index >= 15 is 0 Å². The molecule has 5 heteroatoms. The van der Waals surface area contributed by atoms with E-state index in [9.17, 15) is 0 Å². The third-order valence-electron chi connectivity index (χ3n) is 2.87. The SMILES string of the molecule is Cc1cc(-c2nc3cc(C#N)ccc3n2C)no1. The summed E-state index contributed by atoms with van der Waals surface area (Å²) in [6.07, 6.45) is 0. The highest BCUT2D eigenvalue weighted by Crippen LogP contribution is 2.23. The van der Waals surface area contributed by atoms with Gasteiger partial charge in [-0.25, -0.2) is 4.98 Å². The quantitative estimate of drug-likeness (QED) is 0.652. The van der Waals surface area contributed by atoms with Crippen molar-refractivity contribution >= 4 is 11.0 Å². The first-order valence-corrected chi connectivity index (χ1v) is 5.49. The van der Waals surface area contributed by atoms with Crippen molar-refractivity contribution in [3.8, 4) is 17.6 Å². The Morgan fingerprint density at radius 1 is 1.33 bits per heavy atom. The Kier molecular flexibility index (Phi) is 2.17. The number of nitrogens with zero attached hydrogens (tertiary/aromatic N) is 4. The van der Waals surface area contributed by atoms with E-state index in [1.165, 1.54) is 0 Å². The van der Waals surface area contributed by atoms with Crippen LogP contribution in [0.5, 0.6) is 0 Å². The van der Waals surface area contributed by atoms with E-state index in [0.717, 1.165) is 22.6 Å². The van der Waals surface area contributed by atoms with Gasteiger partial charge in [0, 0.05) is 13.1 Å². The molecule has 0 bridgehead atoms. The largest absolute Gasteiger partial charge is 0.361 e. The molecule has 3 rings (SSSR count). The topological polar surface area (TPSA) is 67.6 Å². The van der Waals surface area contributed by atoms with Gasteiger partial charge >= 0.3 is 0 Å². The van der Waals surface area contributed by atoms with Gasteiger partial charge in [0.1, 0.15) is 11.5 Å². The van der Waals surface area contributed by atoms with Crippen LogP contribution in [-0.2, 0) is 7.05 Å². The summed E-state index contributed by atoms with van der Waals surface area (Å²) in [5.41, 5.74) is 3.05. The van der Waals surface area contributed by atoms with Crippen molar-refractivity contribution in [1.82, 2.24) is 14.7 Å². The smallest absolute Gasteiger partial charge is 0.163 e. The minimum atomic E-state index is 0.600. The van der Waals surface area contributed by atoms with Gasteiger partial charge in [0.25, 0.3) is 0 Å². The lowest BCUT2D eigenvalue weighted by molar-refractivity contribution is 0.399. The lowest BCUT2D eigenvalue weighted by atomic mass is 10.2. The zero-order valence-corrected chi connectivity index (χ0v) is 10.0. The summed E-state index contributed by atoms with van der Waals surface area (Å²) in [4.78, 5) is 4.49. The second-order valence-electron chi connectivity index (χ2n) is 4.13. The number of fused-ring (bicyclic) bond motifs is 1. The summed E-state index contributed by atoms with van der Waals surface area (Å²) in [5, 5.41) is 12.8. The molecule has 2 heterocycles. The number of benzene rings is 1. The lowest BCUT2D eigenvalue weighted by Crippen LogP contribution is -1.92. The van der Waals surface area contributed by atoms with Crippen LogP contribution < -0.4 is 0 Å². The van der Waals surface area contributed by atoms with E-state index in [1.807, 2.05) is 30.7 Å². The van der Waals surface area contributed by atoms with Gasteiger partial charge in [-0.2, -0.15) is 5.26 Å². The number of aryl methyl sites for hydroxylation is 2. The van der Waals surface area contributed by atoms with Crippen LogP contribution in [0.15, 0.2) is 28.8 Å². The van der Waals surface area contributed by atoms with Gasteiger partial charge < -0.3 is 9.09 Å². The fourth-order valence-corrected chi connectivity index (χ4v) is 1.97. The normalized spacial score (nSPS) is 10.7. The van der Waals surface area contributed by atoms with Crippen LogP contribution in [0, 0.1) is 18.3 Å². The Labute approximate surface area is 103 Å². The van der Waals surface area contributed by atoms with Crippen LogP contribution >= 0.6 is 0 Å². The summed E-state index contributed by atoms with van der Waals surface area (Å²) in [5.74, 6) is 1.48. The maximum Gasteiger partial charge on any atom is 0.163 e. The van der Waals surface area contributed by atoms with Crippen LogP contribution in [0.4, 0.5) is 0 Å². The average molecular weight is 238 g/mol. The molecule has 18 heavy (non-hydrogen) atoms. The van der Waals surface area contributed by atoms with Gasteiger partial charge in [-0.3, -0.25) is 0 Å². The summed E-state index contributed by atoms with van der Waals surface area (Å²) >= 11 is 0. The summed E-state index contributed by atoms with van der Waals surface area (Å²) in [6.45, 7) is 1.84. The lowest BCUT2D eigenvalue weighted by Gasteiger charge is -1.97. The predicted octanol–water partition coefficient (Wildman–Crippen LogP) is 2.41. The molecule has 0 fully saturated rings. The first kappa shape index (κ1) is 10.5. The van der Waals surface area contributed by atoms with E-state index in [0.29, 0.717) is 11.3 Å². The highest BCUT2D eigenvalue weighted by molar-refractivity contribution is 5.81. The molecule has 0 radical (unpaired) electrons. The van der Waals surface area contributed by atoms with Crippen molar-refractivity contribution < 1.29 is 4.52 Å². The Bertz CT molecular complexity index is 776. The molecule has 0 aliphatic heterocycles. The summed E-state index contributed by atoms with van der Waals surface area (Å²) in [6, 6.07) is 9.38. The maximum absolute atomic E-state index is 8.88. The molecule has 1 aromatic carbocycles. The number of aromatic nitrogens is 3. The van der Waals surface area contributed by atoms with Gasteiger partial charge in [0.15, 0.2) is 5.82 Å². The standard InChI is InChI=1S/C13H10N4O/c1-8-5-11(16-18-8)13-15-10-6-9(7-14)3-4-12(10)17(13)2/h3-6H,1-2H3. The maximum atomic E-state index is 8.88. The van der Waals surface area contributed by atoms with Gasteiger partial charge in [-0.1, -0.05) is 5.16 Å². The highest BCUT2D eigenvalue weighted by atomic mass is 16.5. The molecule has 2 aromatic heterocycles. The monoisotopic (exact) mass is 238 g/mol. The molecule has 5 nitrogen and oxygen atoms in total. The van der Waals surface area contributed by atoms with E-state index in [1.54, 1.807) is 12.1 Å². The summed E-state index contributed by atoms with van der Waals surface area (Å²) in [7, 11) is 1.92. The molecular formula is C13H10N4O. The fourth-order valence-electron chi connectivity index (χ4n) is 1.97. The molecule has 0 saturated carbocycles. The zero-order chi connectivity index (χ0) is 12.7. The molecule has 0 amide bonds. The molecule has 0 spiro atoms. The summed E-state index contributed by atoms with van der Waals surface area (Å²) < 4.78 is 7.00. The van der Waals surface area contributed by atoms with Gasteiger partial charge in [-0.15, -0.1) is 0 Å². The molecule has 0 saturated heterocycles. The second-order valence-corrected chi connectivity index (χ2v) is 4.13. The first-order valence-electron chi connectivity index (χ1n) is 5.49. The van der Waals surface area contributed by atoms with E-state index < -0.39 is 0 Å². The molecule has 3 aromatic rings. The Hall–Kier alpha value is -2.61. The number of imidazole rings is 1. The first-order chi connectivity index (χ1) is 8.69. The van der Waals surface area contributed by atoms with Crippen LogP contribution in [0.25, 0.3) is 22.6 Å². The molecule has 88 valence electrons. The third-order valence-corrected chi connectivity index (χ3v) is 2.87. The predicted molar refractivity (Wildman–Crippen MR) is 65.7 cm³/mol. The molecular weight excluding hydrogens is 228 g/mol. The van der Waals surface area contributed by atoms with Gasteiger partial charge in [0.2, 0.25) is 0 Å². The van der Waals surface area contributed by atoms with Crippen molar-refractivity contribution in [2.24, 2.45) is 7.05 Å². The minimum Gasteiger partial charge on any atom is -0.361 e. The van der Waals surface area contributed by atoms with Gasteiger partial charge in [-0.05, 0) is 25.1 Å². The average Bonchev–Trinajstić information content (AvgIpc) is 2.93. The highest BCUT2D eigenvalue weighted by Gasteiger charge is 2.13. The van der Waals surface area contributed by atoms with E-state index in [2.05, 4.69) is 16.2 Å². The van der Waals surface area contributed by atoms with Crippen LogP contribution in [-0.4, -0.2) is 14.7 Å². The molecule has 0 aliphatic rings. The number of nitriles is 1. The van der Waals surface area contributed by atoms with Gasteiger partial charge in [0.05, 0.1) is 22.7 Å². The van der Waals surface area contributed by atoms with Crippen molar-refractivity contribution in [2.75, 3.05) is 0 Å². The second kappa shape index (κ2) is 3.70. The van der Waals surface area contributed by atoms with E-state index in [4.69, 9.17) is 9.78 Å². The third kappa shape index (κ3) is 1.47. The number of rotatable bonds is 1. The fraction of sp³-hybridized carbons (Fsp3) is 0.154. The number of hydrogen-bond acceptors (Lipinski definition) is 4. The minimum absolute atomic E-state index is 0.600. The Balaban J connectivity index is 2.26. The Morgan fingerprint density at radius 3 is 2.83 bits per heavy atom. The van der Waals surface area contributed by atoms with Crippen LogP contribution in [0.2, 0.25) is 0 Å². The van der Waals surface area contributed by atoms with Crippen molar-refractivity contribution in [3.05, 3.63) is 35.6 Å². The number of hydrogen-bond donors (Lipinski definition) is 0. The molecule has 0 atom stereocenters. The van der Waals surface area contributed by atoms with Crippen LogP contribution in [0.1, 0.15) is 11.3 Å². The molecule has 0 aliphatic carbocycles. The van der Waals surface area contributed by atoms with Crippen molar-refractivity contribution in [1.29, 1.82) is 5.26 Å².